The summed E-state index contributed by atoms with van der Waals surface area (Å²) in [4.78, 5) is 86.9. The van der Waals surface area contributed by atoms with Crippen molar-refractivity contribution in [2.45, 2.75) is 163 Å². The van der Waals surface area contributed by atoms with Crippen molar-refractivity contribution in [3.8, 4) is 51.7 Å². The topological polar surface area (TPSA) is 386 Å². The highest BCUT2D eigenvalue weighted by molar-refractivity contribution is 6.14. The van der Waals surface area contributed by atoms with Gasteiger partial charge in [-0.15, -0.1) is 20.5 Å². The number of rotatable bonds is 27. The minimum atomic E-state index is -0.286. The number of carbonyl (C=O) groups is 3. The molecule has 0 fully saturated rings. The molecule has 0 aliphatic rings. The van der Waals surface area contributed by atoms with Crippen LogP contribution >= 0.6 is 0 Å². The molecule has 0 aliphatic carbocycles. The van der Waals surface area contributed by atoms with Gasteiger partial charge >= 0.3 is 0 Å². The van der Waals surface area contributed by atoms with Crippen LogP contribution in [0.25, 0.3) is 71.8 Å². The molecular weight excluding hydrogens is 1760 g/mol. The normalized spacial score (nSPS) is 11.7. The smallest absolute Gasteiger partial charge is 0.299 e. The lowest BCUT2D eigenvalue weighted by Crippen LogP contribution is -2.20. The summed E-state index contributed by atoms with van der Waals surface area (Å²) in [5.74, 6) is 0.447. The van der Waals surface area contributed by atoms with Crippen LogP contribution in [0.4, 0.5) is 22.7 Å². The average Bonchev–Trinajstić information content (AvgIpc) is 1.60. The molecule has 6 heterocycles. The number of phenolic OH excluding ortho intramolecular Hbond substituents is 2. The zero-order chi connectivity index (χ0) is 100. The Kier molecular flexibility index (Phi) is 32.9. The van der Waals surface area contributed by atoms with Crippen molar-refractivity contribution in [1.82, 2.24) is 48.3 Å². The minimum Gasteiger partial charge on any atom is -0.505 e. The first kappa shape index (κ1) is 101. The summed E-state index contributed by atoms with van der Waals surface area (Å²) in [6, 6.07) is 70.2. The molecule has 0 saturated heterocycles. The van der Waals surface area contributed by atoms with Crippen LogP contribution in [0, 0.1) is 76.2 Å². The Morgan fingerprint density at radius 1 is 0.393 bits per heavy atom. The van der Waals surface area contributed by atoms with Crippen molar-refractivity contribution in [2.75, 3.05) is 26.2 Å². The highest BCUT2D eigenvalue weighted by atomic mass is 16.3. The molecule has 17 aromatic rings. The van der Waals surface area contributed by atoms with Crippen molar-refractivity contribution < 1.29 is 34.8 Å². The number of carbonyl (C=O) groups excluding carboxylic acids is 3. The monoisotopic (exact) mass is 1880 g/mol. The largest absolute Gasteiger partial charge is 0.505 e. The number of aromatic hydroxyl groups is 4. The number of aliphatic imine (C=N–C) groups is 3. The average molecular weight is 1880 g/mol. The molecule has 0 atom stereocenters. The van der Waals surface area contributed by atoms with Gasteiger partial charge in [-0.2, -0.15) is 5.10 Å². The molecular formula is C112H120N18O10. The second-order valence-corrected chi connectivity index (χ2v) is 35.4. The van der Waals surface area contributed by atoms with E-state index in [0.29, 0.717) is 99.7 Å². The molecule has 28 heteroatoms. The molecule has 11 aromatic carbocycles. The fraction of sp³-hybridized carbons (Fsp3) is 0.250. The van der Waals surface area contributed by atoms with Gasteiger partial charge in [0.1, 0.15) is 11.4 Å². The molecule has 0 saturated carbocycles. The van der Waals surface area contributed by atoms with E-state index in [-0.39, 0.29) is 88.3 Å². The number of Topliss-reactive ketones (excluding diaryl/α,β-unsaturated/α-hetero) is 3. The van der Waals surface area contributed by atoms with E-state index < -0.39 is 0 Å². The fourth-order valence-electron chi connectivity index (χ4n) is 16.9. The van der Waals surface area contributed by atoms with Crippen LogP contribution in [0.5, 0.6) is 23.3 Å². The van der Waals surface area contributed by atoms with Crippen molar-refractivity contribution >= 4 is 101 Å². The Hall–Kier alpha value is -16.4. The number of H-pyrrole nitrogens is 3. The highest BCUT2D eigenvalue weighted by Crippen LogP contribution is 2.41. The molecule has 28 nitrogen and oxygen atoms in total. The summed E-state index contributed by atoms with van der Waals surface area (Å²) in [5, 5.41) is 78.3. The number of hydrogen-bond acceptors (Lipinski definition) is 19. The van der Waals surface area contributed by atoms with Crippen LogP contribution in [-0.2, 0) is 33.8 Å². The third-order valence-electron chi connectivity index (χ3n) is 23.8. The van der Waals surface area contributed by atoms with E-state index in [1.165, 1.54) is 32.1 Å². The number of aromatic amines is 3. The number of ketones is 3. The van der Waals surface area contributed by atoms with Crippen LogP contribution < -0.4 is 22.4 Å². The predicted molar refractivity (Wildman–Crippen MR) is 561 cm³/mol. The van der Waals surface area contributed by atoms with Gasteiger partial charge < -0.3 is 26.2 Å². The van der Waals surface area contributed by atoms with Gasteiger partial charge in [-0.1, -0.05) is 148 Å². The van der Waals surface area contributed by atoms with Crippen molar-refractivity contribution in [2.24, 2.45) is 41.2 Å². The molecule has 0 aliphatic heterocycles. The van der Waals surface area contributed by atoms with Gasteiger partial charge in [-0.3, -0.25) is 72.9 Å². The summed E-state index contributed by atoms with van der Waals surface area (Å²) in [6.07, 6.45) is 8.03. The second-order valence-electron chi connectivity index (χ2n) is 35.4. The number of hydrogen-bond donors (Lipinski definition) is 8. The predicted octanol–water partition coefficient (Wildman–Crippen LogP) is 22.8. The SMILES string of the molecule is CC(=NCC(=O)CCCN)c1c(O)n(-c2cc(C)cc(C)c2)c2cc(C)ccc12.CC(=NCC(=O)CCn1cccn1)c1c(O)n(-c2cc(C)cc(C)c2)c2cc(C)ccc12.CC(=O)CN=C(C)c1c(C)[nH]n(-c2cc(C)cc(C)c2)c1=O.CCCc1ccc(-n2[nH]c(C)c(N=Nc3ccc4ccccc4c3O)c2=O)cc1.CCc1ccc(-n2[nH]c(C)c(N=Nc3ccc4ccccc4c3O)c2=O)cc1. The zero-order valence-corrected chi connectivity index (χ0v) is 82.3. The van der Waals surface area contributed by atoms with E-state index in [2.05, 4.69) is 124 Å². The third kappa shape index (κ3) is 24.0. The first-order valence-electron chi connectivity index (χ1n) is 46.7. The molecule has 0 radical (unpaired) electrons. The van der Waals surface area contributed by atoms with Gasteiger partial charge in [0.2, 0.25) is 11.8 Å². The molecule has 0 spiro atoms. The minimum absolute atomic E-state index is 0.0258. The highest BCUT2D eigenvalue weighted by Gasteiger charge is 2.25. The van der Waals surface area contributed by atoms with Crippen molar-refractivity contribution in [1.29, 1.82) is 0 Å². The molecule has 0 amide bonds. The van der Waals surface area contributed by atoms with Crippen molar-refractivity contribution in [3.63, 3.8) is 0 Å². The van der Waals surface area contributed by atoms with Gasteiger partial charge in [-0.05, 0) is 287 Å². The molecule has 17 rings (SSSR count). The lowest BCUT2D eigenvalue weighted by Gasteiger charge is -2.10. The quantitative estimate of drug-likeness (QED) is 0.0176. The number of fused-ring (bicyclic) bond motifs is 4. The Morgan fingerprint density at radius 3 is 1.22 bits per heavy atom. The molecule has 718 valence electrons. The Labute approximate surface area is 812 Å². The lowest BCUT2D eigenvalue weighted by atomic mass is 10.1. The maximum atomic E-state index is 12.8. The Bertz CT molecular complexity index is 7750. The molecule has 6 aromatic heterocycles. The number of azo groups is 2. The van der Waals surface area contributed by atoms with Crippen LogP contribution in [-0.4, -0.2) is 129 Å². The van der Waals surface area contributed by atoms with E-state index in [1.54, 1.807) is 43.8 Å². The first-order valence-corrected chi connectivity index (χ1v) is 46.7. The molecule has 140 heavy (non-hydrogen) atoms. The fourth-order valence-corrected chi connectivity index (χ4v) is 16.9. The maximum Gasteiger partial charge on any atom is 0.299 e. The van der Waals surface area contributed by atoms with Crippen molar-refractivity contribution in [3.05, 3.63) is 351 Å². The number of phenols is 2. The number of nitrogens with zero attached hydrogens (tertiary/aromatic N) is 14. The Balaban J connectivity index is 0.000000148. The number of benzene rings is 11. The number of aryl methyl sites for hydroxylation is 14. The molecule has 0 bridgehead atoms. The number of nitrogens with one attached hydrogen (secondary N) is 3. The zero-order valence-electron chi connectivity index (χ0n) is 82.3. The summed E-state index contributed by atoms with van der Waals surface area (Å²) in [6.45, 7) is 34.1. The van der Waals surface area contributed by atoms with E-state index in [1.807, 2.05) is 243 Å². The number of nitrogens with two attached hydrogens (primary N) is 1. The van der Waals surface area contributed by atoms with Crippen LogP contribution in [0.2, 0.25) is 0 Å². The summed E-state index contributed by atoms with van der Waals surface area (Å²) in [7, 11) is 0. The van der Waals surface area contributed by atoms with E-state index >= 15 is 0 Å². The van der Waals surface area contributed by atoms with Gasteiger partial charge in [0, 0.05) is 87.5 Å². The van der Waals surface area contributed by atoms with E-state index in [0.717, 1.165) is 130 Å². The van der Waals surface area contributed by atoms with Crippen LogP contribution in [0.1, 0.15) is 157 Å². The number of aromatic nitrogens is 10. The summed E-state index contributed by atoms with van der Waals surface area (Å²) >= 11 is 0. The van der Waals surface area contributed by atoms with Crippen LogP contribution in [0.3, 0.4) is 0 Å². The van der Waals surface area contributed by atoms with E-state index in [4.69, 9.17) is 5.73 Å². The third-order valence-corrected chi connectivity index (χ3v) is 23.8. The van der Waals surface area contributed by atoms with Gasteiger partial charge in [0.25, 0.3) is 16.7 Å². The standard InChI is InChI=1S/C26H28N4O2.C24H29N3O2.C23H22N4O2.C22H20N4O2.C17H21N3O2/c1-17-6-7-23-24(15-17)30(21-13-18(2)12-19(3)14-21)26(32)25(23)20(4)27-16-22(31)8-11-29-10-5-9-28-29;1-15-7-8-21-22(13-15)27(19-11-16(2)10-17(3)12-19)24(29)23(21)18(4)26-14-20(28)6-5-9-25;1-3-6-16-9-12-18(13-10-16)27-23(29)21(15(2)26-27)25-24-20-14-11-17-7-4-5-8-19(17)22(20)28;1-3-15-8-11-17(12-9-15)26-22(28)20(14(2)25-26)24-23-19-13-10-16-6-4-5-7-18(16)21(19)27;1-10-6-11(2)8-15(7-10)20-17(22)16(14(5)19-20)13(4)18-9-12(3)21/h5-7,9-10,12-15,32H,8,11,16H2,1-4H3;7-8,10-13,29H,5-6,9,14,25H2,1-4H3;4-5,7-14,26,28H,3,6H2,1-2H3;4-13,25,27H,3H2,1-2H3;6-8,19H,9H2,1-5H3. The van der Waals surface area contributed by atoms with Crippen LogP contribution in [0.15, 0.2) is 281 Å². The lowest BCUT2D eigenvalue weighted by molar-refractivity contribution is -0.118. The maximum absolute atomic E-state index is 12.8. The summed E-state index contributed by atoms with van der Waals surface area (Å²) in [5.41, 5.74) is 28.8. The molecule has 9 N–H and O–H groups in total. The second kappa shape index (κ2) is 45.5. The van der Waals surface area contributed by atoms with E-state index in [9.17, 15) is 49.2 Å². The summed E-state index contributed by atoms with van der Waals surface area (Å²) < 4.78 is 9.91. The first-order chi connectivity index (χ1) is 67.1. The van der Waals surface area contributed by atoms with Gasteiger partial charge in [0.15, 0.2) is 40.2 Å². The van der Waals surface area contributed by atoms with Gasteiger partial charge in [-0.25, -0.2) is 14.0 Å². The van der Waals surface area contributed by atoms with Gasteiger partial charge in [0.05, 0.1) is 75.8 Å². The Morgan fingerprint density at radius 2 is 0.800 bits per heavy atom. The molecule has 0 unspecified atom stereocenters.